The summed E-state index contributed by atoms with van der Waals surface area (Å²) in [6.45, 7) is 4.43. The molecule has 2 N–H and O–H groups in total. The van der Waals surface area contributed by atoms with Gasteiger partial charge < -0.3 is 15.2 Å². The van der Waals surface area contributed by atoms with Crippen molar-refractivity contribution in [2.75, 3.05) is 24.7 Å². The van der Waals surface area contributed by atoms with Gasteiger partial charge in [0.15, 0.2) is 21.3 Å². The predicted molar refractivity (Wildman–Crippen MR) is 75.3 cm³/mol. The van der Waals surface area contributed by atoms with Gasteiger partial charge in [-0.2, -0.15) is 0 Å². The van der Waals surface area contributed by atoms with Crippen molar-refractivity contribution in [3.8, 4) is 11.5 Å². The van der Waals surface area contributed by atoms with E-state index >= 15 is 0 Å². The first-order chi connectivity index (χ1) is 9.04. The lowest BCUT2D eigenvalue weighted by Crippen LogP contribution is -2.16. The number of nitrogens with two attached hydrogens (primary N) is 1. The summed E-state index contributed by atoms with van der Waals surface area (Å²) in [5.74, 6) is 1.25. The highest BCUT2D eigenvalue weighted by Crippen LogP contribution is 2.31. The van der Waals surface area contributed by atoms with E-state index in [0.29, 0.717) is 24.7 Å². The molecule has 1 aromatic rings. The van der Waals surface area contributed by atoms with Crippen LogP contribution in [0.1, 0.15) is 19.4 Å². The quantitative estimate of drug-likeness (QED) is 0.781. The SMILES string of the molecule is CCOc1cccc(CN)c1OCCS(=O)(=O)CC. The Morgan fingerprint density at radius 3 is 2.53 bits per heavy atom. The van der Waals surface area contributed by atoms with E-state index in [-0.39, 0.29) is 18.1 Å². The zero-order valence-corrected chi connectivity index (χ0v) is 12.2. The number of sulfone groups is 1. The summed E-state index contributed by atoms with van der Waals surface area (Å²) in [5.41, 5.74) is 6.45. The summed E-state index contributed by atoms with van der Waals surface area (Å²) in [6.07, 6.45) is 0. The Labute approximate surface area is 114 Å². The van der Waals surface area contributed by atoms with Gasteiger partial charge in [0.05, 0.1) is 12.4 Å². The van der Waals surface area contributed by atoms with Crippen LogP contribution in [0, 0.1) is 0 Å². The Morgan fingerprint density at radius 1 is 1.21 bits per heavy atom. The number of rotatable bonds is 8. The lowest BCUT2D eigenvalue weighted by Gasteiger charge is -2.15. The molecule has 0 aromatic heterocycles. The van der Waals surface area contributed by atoms with Crippen molar-refractivity contribution >= 4 is 9.84 Å². The molecule has 0 fully saturated rings. The second-order valence-corrected chi connectivity index (χ2v) is 6.44. The number of hydrogen-bond donors (Lipinski definition) is 1. The minimum absolute atomic E-state index is 0.00598. The van der Waals surface area contributed by atoms with Crippen molar-refractivity contribution in [3.05, 3.63) is 23.8 Å². The smallest absolute Gasteiger partial charge is 0.165 e. The molecule has 0 aliphatic carbocycles. The zero-order valence-electron chi connectivity index (χ0n) is 11.4. The summed E-state index contributed by atoms with van der Waals surface area (Å²) >= 11 is 0. The summed E-state index contributed by atoms with van der Waals surface area (Å²) in [6, 6.07) is 5.46. The van der Waals surface area contributed by atoms with Gasteiger partial charge in [-0.15, -0.1) is 0 Å². The summed E-state index contributed by atoms with van der Waals surface area (Å²) in [7, 11) is -3.03. The number of benzene rings is 1. The van der Waals surface area contributed by atoms with Crippen LogP contribution in [0.5, 0.6) is 11.5 Å². The molecule has 0 spiro atoms. The van der Waals surface area contributed by atoms with E-state index in [1.54, 1.807) is 13.0 Å². The first-order valence-electron chi connectivity index (χ1n) is 6.32. The van der Waals surface area contributed by atoms with Crippen molar-refractivity contribution in [2.45, 2.75) is 20.4 Å². The minimum Gasteiger partial charge on any atom is -0.490 e. The molecule has 0 radical (unpaired) electrons. The topological polar surface area (TPSA) is 78.6 Å². The largest absolute Gasteiger partial charge is 0.490 e. The zero-order chi connectivity index (χ0) is 14.3. The van der Waals surface area contributed by atoms with Crippen LogP contribution in [0.15, 0.2) is 18.2 Å². The van der Waals surface area contributed by atoms with E-state index in [4.69, 9.17) is 15.2 Å². The molecule has 0 saturated heterocycles. The number of para-hydroxylation sites is 1. The van der Waals surface area contributed by atoms with Crippen molar-refractivity contribution in [3.63, 3.8) is 0 Å². The molecule has 1 aromatic carbocycles. The van der Waals surface area contributed by atoms with Gasteiger partial charge in [0, 0.05) is 17.9 Å². The first kappa shape index (κ1) is 15.8. The van der Waals surface area contributed by atoms with Gasteiger partial charge in [-0.25, -0.2) is 8.42 Å². The molecule has 0 aliphatic rings. The molecule has 0 amide bonds. The Kier molecular flexibility index (Phi) is 6.11. The Hall–Kier alpha value is -1.27. The fourth-order valence-corrected chi connectivity index (χ4v) is 2.20. The maximum absolute atomic E-state index is 11.4. The first-order valence-corrected chi connectivity index (χ1v) is 8.14. The lowest BCUT2D eigenvalue weighted by molar-refractivity contribution is 0.286. The molecule has 0 unspecified atom stereocenters. The van der Waals surface area contributed by atoms with E-state index in [1.165, 1.54) is 0 Å². The summed E-state index contributed by atoms with van der Waals surface area (Å²) in [5, 5.41) is 0. The molecule has 108 valence electrons. The fraction of sp³-hybridized carbons (Fsp3) is 0.538. The van der Waals surface area contributed by atoms with Gasteiger partial charge in [0.25, 0.3) is 0 Å². The third-order valence-corrected chi connectivity index (χ3v) is 4.33. The van der Waals surface area contributed by atoms with Gasteiger partial charge in [-0.3, -0.25) is 0 Å². The Balaban J connectivity index is 2.80. The minimum atomic E-state index is -3.03. The van der Waals surface area contributed by atoms with E-state index in [2.05, 4.69) is 0 Å². The van der Waals surface area contributed by atoms with Crippen LogP contribution < -0.4 is 15.2 Å². The van der Waals surface area contributed by atoms with Crippen molar-refractivity contribution in [1.29, 1.82) is 0 Å². The number of ether oxygens (including phenoxy) is 2. The molecule has 5 nitrogen and oxygen atoms in total. The molecule has 1 rings (SSSR count). The summed E-state index contributed by atoms with van der Waals surface area (Å²) in [4.78, 5) is 0. The third kappa shape index (κ3) is 4.72. The molecular weight excluding hydrogens is 266 g/mol. The highest BCUT2D eigenvalue weighted by Gasteiger charge is 2.12. The third-order valence-electron chi connectivity index (χ3n) is 2.66. The molecule has 0 heterocycles. The highest BCUT2D eigenvalue weighted by molar-refractivity contribution is 7.91. The molecule has 19 heavy (non-hydrogen) atoms. The van der Waals surface area contributed by atoms with Gasteiger partial charge in [0.2, 0.25) is 0 Å². The second kappa shape index (κ2) is 7.35. The van der Waals surface area contributed by atoms with Crippen LogP contribution in [0.2, 0.25) is 0 Å². The van der Waals surface area contributed by atoms with Crippen LogP contribution in [-0.4, -0.2) is 33.1 Å². The van der Waals surface area contributed by atoms with E-state index in [0.717, 1.165) is 5.56 Å². The van der Waals surface area contributed by atoms with E-state index in [1.807, 2.05) is 19.1 Å². The molecule has 0 bridgehead atoms. The van der Waals surface area contributed by atoms with E-state index < -0.39 is 9.84 Å². The fourth-order valence-electron chi connectivity index (χ4n) is 1.57. The molecular formula is C13H21NO4S. The van der Waals surface area contributed by atoms with Gasteiger partial charge in [-0.05, 0) is 13.0 Å². The monoisotopic (exact) mass is 287 g/mol. The Bertz CT molecular complexity index is 499. The van der Waals surface area contributed by atoms with Crippen LogP contribution in [0.3, 0.4) is 0 Å². The van der Waals surface area contributed by atoms with Gasteiger partial charge in [0.1, 0.15) is 6.61 Å². The average molecular weight is 287 g/mol. The standard InChI is InChI=1S/C13H21NO4S/c1-3-17-12-7-5-6-11(10-14)13(12)18-8-9-19(15,16)4-2/h5-7H,3-4,8-10,14H2,1-2H3. The normalized spacial score (nSPS) is 11.3. The average Bonchev–Trinajstić information content (AvgIpc) is 2.40. The maximum atomic E-state index is 11.4. The van der Waals surface area contributed by atoms with Crippen molar-refractivity contribution in [1.82, 2.24) is 0 Å². The molecule has 0 saturated carbocycles. The lowest BCUT2D eigenvalue weighted by atomic mass is 10.2. The molecule has 6 heteroatoms. The second-order valence-electron chi connectivity index (χ2n) is 3.97. The van der Waals surface area contributed by atoms with Gasteiger partial charge >= 0.3 is 0 Å². The maximum Gasteiger partial charge on any atom is 0.165 e. The molecule has 0 atom stereocenters. The van der Waals surface area contributed by atoms with Crippen LogP contribution in [0.25, 0.3) is 0 Å². The van der Waals surface area contributed by atoms with Crippen LogP contribution in [0.4, 0.5) is 0 Å². The molecule has 0 aliphatic heterocycles. The van der Waals surface area contributed by atoms with Crippen molar-refractivity contribution in [2.24, 2.45) is 5.73 Å². The Morgan fingerprint density at radius 2 is 1.95 bits per heavy atom. The van der Waals surface area contributed by atoms with Crippen LogP contribution in [-0.2, 0) is 16.4 Å². The summed E-state index contributed by atoms with van der Waals surface area (Å²) < 4.78 is 33.9. The van der Waals surface area contributed by atoms with Gasteiger partial charge in [-0.1, -0.05) is 19.1 Å². The van der Waals surface area contributed by atoms with Crippen LogP contribution >= 0.6 is 0 Å². The van der Waals surface area contributed by atoms with E-state index in [9.17, 15) is 8.42 Å². The number of hydrogen-bond acceptors (Lipinski definition) is 5. The van der Waals surface area contributed by atoms with Crippen molar-refractivity contribution < 1.29 is 17.9 Å². The predicted octanol–water partition coefficient (Wildman–Crippen LogP) is 1.36. The highest BCUT2D eigenvalue weighted by atomic mass is 32.2.